The molecule has 7 heteroatoms. The van der Waals surface area contributed by atoms with Gasteiger partial charge in [0.15, 0.2) is 14.4 Å². The van der Waals surface area contributed by atoms with Crippen LogP contribution in [-0.4, -0.2) is 50.9 Å². The van der Waals surface area contributed by atoms with E-state index in [9.17, 15) is 4.79 Å². The first-order valence-corrected chi connectivity index (χ1v) is 16.8. The van der Waals surface area contributed by atoms with E-state index in [1.54, 1.807) is 0 Å². The summed E-state index contributed by atoms with van der Waals surface area (Å²) in [6.45, 7) is 14.0. The largest absolute Gasteiger partial charge is 0.457 e. The predicted octanol–water partition coefficient (Wildman–Crippen LogP) is 6.60. The maximum Gasteiger partial charge on any atom is 0.303 e. The van der Waals surface area contributed by atoms with Crippen molar-refractivity contribution in [2.24, 2.45) is 0 Å². The predicted molar refractivity (Wildman–Crippen MR) is 155 cm³/mol. The topological polar surface area (TPSA) is 63.2 Å². The SMILES string of the molecule is CC(=O)OC1COC(COCc2ccccc2)(C2(O[Si](C)(C)C(C)(C)C)CC=CC2)C1OCc1ccccc1. The van der Waals surface area contributed by atoms with Crippen molar-refractivity contribution >= 4 is 14.3 Å². The van der Waals surface area contributed by atoms with Gasteiger partial charge >= 0.3 is 5.97 Å². The minimum atomic E-state index is -2.27. The van der Waals surface area contributed by atoms with Crippen LogP contribution in [0.5, 0.6) is 0 Å². The number of carbonyl (C=O) groups excluding carboxylic acids is 1. The van der Waals surface area contributed by atoms with Crippen LogP contribution in [0.1, 0.15) is 51.7 Å². The van der Waals surface area contributed by atoms with Crippen LogP contribution in [0.2, 0.25) is 18.1 Å². The van der Waals surface area contributed by atoms with E-state index in [0.717, 1.165) is 11.1 Å². The van der Waals surface area contributed by atoms with Crippen LogP contribution < -0.4 is 0 Å². The van der Waals surface area contributed by atoms with Crippen molar-refractivity contribution in [3.05, 3.63) is 83.9 Å². The van der Waals surface area contributed by atoms with Gasteiger partial charge in [-0.1, -0.05) is 93.6 Å². The van der Waals surface area contributed by atoms with Crippen LogP contribution >= 0.6 is 0 Å². The Bertz CT molecular complexity index is 1100. The van der Waals surface area contributed by atoms with Crippen molar-refractivity contribution in [2.45, 2.75) is 95.3 Å². The lowest BCUT2D eigenvalue weighted by atomic mass is 9.76. The second kappa shape index (κ2) is 12.1. The van der Waals surface area contributed by atoms with Crippen molar-refractivity contribution in [2.75, 3.05) is 13.2 Å². The number of rotatable bonds is 11. The molecule has 3 atom stereocenters. The third kappa shape index (κ3) is 6.55. The second-order valence-corrected chi connectivity index (χ2v) is 17.0. The molecule has 2 aromatic carbocycles. The molecule has 0 amide bonds. The van der Waals surface area contributed by atoms with Gasteiger partial charge in [0, 0.05) is 6.92 Å². The van der Waals surface area contributed by atoms with Crippen LogP contribution in [0.3, 0.4) is 0 Å². The Hall–Kier alpha value is -2.29. The molecule has 0 saturated carbocycles. The van der Waals surface area contributed by atoms with Gasteiger partial charge in [-0.25, -0.2) is 0 Å². The van der Waals surface area contributed by atoms with Crippen molar-refractivity contribution in [3.8, 4) is 0 Å². The van der Waals surface area contributed by atoms with E-state index in [4.69, 9.17) is 23.4 Å². The molecule has 1 saturated heterocycles. The number of esters is 1. The highest BCUT2D eigenvalue weighted by atomic mass is 28.4. The first kappa shape index (κ1) is 29.7. The lowest BCUT2D eigenvalue weighted by molar-refractivity contribution is -0.223. The van der Waals surface area contributed by atoms with E-state index in [-0.39, 0.29) is 24.2 Å². The second-order valence-electron chi connectivity index (χ2n) is 12.3. The molecule has 1 aliphatic heterocycles. The van der Waals surface area contributed by atoms with Gasteiger partial charge in [-0.3, -0.25) is 4.79 Å². The highest BCUT2D eigenvalue weighted by Crippen LogP contribution is 2.52. The zero-order chi connectivity index (χ0) is 28.2. The lowest BCUT2D eigenvalue weighted by Gasteiger charge is -2.53. The lowest BCUT2D eigenvalue weighted by Crippen LogP contribution is -2.68. The Balaban J connectivity index is 1.73. The van der Waals surface area contributed by atoms with Gasteiger partial charge < -0.3 is 23.4 Å². The van der Waals surface area contributed by atoms with Crippen LogP contribution in [-0.2, 0) is 41.4 Å². The summed E-state index contributed by atoms with van der Waals surface area (Å²) in [5, 5.41) is -0.0110. The van der Waals surface area contributed by atoms with E-state index in [1.165, 1.54) is 6.92 Å². The monoisotopic (exact) mass is 552 g/mol. The molecule has 4 rings (SSSR count). The summed E-state index contributed by atoms with van der Waals surface area (Å²) in [4.78, 5) is 12.2. The van der Waals surface area contributed by atoms with Gasteiger partial charge in [0.05, 0.1) is 32.0 Å². The average Bonchev–Trinajstić information content (AvgIpc) is 3.49. The van der Waals surface area contributed by atoms with Gasteiger partial charge in [0.2, 0.25) is 0 Å². The summed E-state index contributed by atoms with van der Waals surface area (Å²) >= 11 is 0. The zero-order valence-electron chi connectivity index (χ0n) is 24.3. The molecular weight excluding hydrogens is 508 g/mol. The summed E-state index contributed by atoms with van der Waals surface area (Å²) in [5.41, 5.74) is 0.403. The Morgan fingerprint density at radius 1 is 0.949 bits per heavy atom. The quantitative estimate of drug-likeness (QED) is 0.178. The molecule has 0 N–H and O–H groups in total. The first-order chi connectivity index (χ1) is 18.5. The van der Waals surface area contributed by atoms with E-state index in [1.807, 2.05) is 60.7 Å². The molecule has 0 aromatic heterocycles. The molecule has 6 nitrogen and oxygen atoms in total. The van der Waals surface area contributed by atoms with E-state index < -0.39 is 31.7 Å². The van der Waals surface area contributed by atoms with Gasteiger partial charge in [0.1, 0.15) is 11.7 Å². The Kier molecular flexibility index (Phi) is 9.18. The summed E-state index contributed by atoms with van der Waals surface area (Å²) in [6, 6.07) is 20.1. The van der Waals surface area contributed by atoms with Gasteiger partial charge in [-0.15, -0.1) is 0 Å². The molecule has 212 valence electrons. The van der Waals surface area contributed by atoms with E-state index in [0.29, 0.717) is 26.1 Å². The zero-order valence-corrected chi connectivity index (χ0v) is 25.3. The van der Waals surface area contributed by atoms with Crippen LogP contribution in [0.15, 0.2) is 72.8 Å². The van der Waals surface area contributed by atoms with Crippen molar-refractivity contribution in [3.63, 3.8) is 0 Å². The summed E-state index contributed by atoms with van der Waals surface area (Å²) in [6.07, 6.45) is 4.53. The van der Waals surface area contributed by atoms with E-state index in [2.05, 4.69) is 46.0 Å². The highest BCUT2D eigenvalue weighted by molar-refractivity contribution is 6.74. The number of benzene rings is 2. The van der Waals surface area contributed by atoms with E-state index >= 15 is 0 Å². The maximum absolute atomic E-state index is 12.2. The fraction of sp³-hybridized carbons (Fsp3) is 0.531. The molecule has 2 aliphatic rings. The van der Waals surface area contributed by atoms with Gasteiger partial charge in [0.25, 0.3) is 0 Å². The maximum atomic E-state index is 12.2. The van der Waals surface area contributed by atoms with Crippen molar-refractivity contribution < 1.29 is 28.2 Å². The average molecular weight is 553 g/mol. The molecule has 1 heterocycles. The number of hydrogen-bond acceptors (Lipinski definition) is 6. The Morgan fingerprint density at radius 2 is 1.51 bits per heavy atom. The Morgan fingerprint density at radius 3 is 2.05 bits per heavy atom. The van der Waals surface area contributed by atoms with Gasteiger partial charge in [-0.05, 0) is 42.1 Å². The van der Waals surface area contributed by atoms with Crippen LogP contribution in [0.4, 0.5) is 0 Å². The third-order valence-corrected chi connectivity index (χ3v) is 12.9. The Labute approximate surface area is 234 Å². The standard InChI is InChI=1S/C32H44O6Si/c1-25(33)37-28-23-36-32(24-34-21-26-15-9-7-10-16-26,29(28)35-22-27-17-11-8-12-18-27)31(19-13-14-20-31)38-39(5,6)30(2,3)4/h7-18,28-29H,19-24H2,1-6H3. The minimum absolute atomic E-state index is 0.0110. The van der Waals surface area contributed by atoms with Crippen molar-refractivity contribution in [1.29, 1.82) is 0 Å². The highest BCUT2D eigenvalue weighted by Gasteiger charge is 2.66. The fourth-order valence-electron chi connectivity index (χ4n) is 5.34. The number of ether oxygens (including phenoxy) is 4. The summed E-state index contributed by atoms with van der Waals surface area (Å²) in [5.74, 6) is -0.359. The fourth-order valence-corrected chi connectivity index (χ4v) is 6.96. The molecule has 1 aliphatic carbocycles. The number of carbonyl (C=O) groups is 1. The molecule has 39 heavy (non-hydrogen) atoms. The molecule has 3 unspecified atom stereocenters. The summed E-state index contributed by atoms with van der Waals surface area (Å²) in [7, 11) is -2.27. The smallest absolute Gasteiger partial charge is 0.303 e. The number of hydrogen-bond donors (Lipinski definition) is 0. The summed E-state index contributed by atoms with van der Waals surface area (Å²) < 4.78 is 33.0. The molecule has 1 fully saturated rings. The molecule has 0 spiro atoms. The third-order valence-electron chi connectivity index (χ3n) is 8.41. The normalized spacial score (nSPS) is 24.7. The van der Waals surface area contributed by atoms with Gasteiger partial charge in [-0.2, -0.15) is 0 Å². The minimum Gasteiger partial charge on any atom is -0.457 e. The molecule has 0 radical (unpaired) electrons. The molecule has 0 bridgehead atoms. The first-order valence-electron chi connectivity index (χ1n) is 13.9. The van der Waals surface area contributed by atoms with Crippen LogP contribution in [0.25, 0.3) is 0 Å². The van der Waals surface area contributed by atoms with Crippen LogP contribution in [0, 0.1) is 0 Å². The molecular formula is C32H44O6Si. The van der Waals surface area contributed by atoms with Crippen molar-refractivity contribution in [1.82, 2.24) is 0 Å². The molecule has 2 aromatic rings.